The fourth-order valence-corrected chi connectivity index (χ4v) is 4.23. The maximum Gasteiger partial charge on any atom is 0.0787 e. The molecule has 4 aliphatic heterocycles. The van der Waals surface area contributed by atoms with Gasteiger partial charge in [-0.1, -0.05) is 0 Å². The summed E-state index contributed by atoms with van der Waals surface area (Å²) in [5, 5.41) is 3.93. The monoisotopic (exact) mass is 252 g/mol. The van der Waals surface area contributed by atoms with Gasteiger partial charge < -0.3 is 15.0 Å². The van der Waals surface area contributed by atoms with Gasteiger partial charge in [0.05, 0.1) is 11.2 Å². The standard InChI is InChI=1S/C15H28N2O/c1-14(2)9-13(15(3,4)18-14)16-12-10-17-7-5-11(12)6-8-17/h11-13,16H,5-10H2,1-4H3. The summed E-state index contributed by atoms with van der Waals surface area (Å²) in [6, 6.07) is 1.19. The maximum absolute atomic E-state index is 6.19. The molecule has 1 N–H and O–H groups in total. The largest absolute Gasteiger partial charge is 0.368 e. The number of nitrogens with zero attached hydrogens (tertiary/aromatic N) is 1. The molecule has 0 radical (unpaired) electrons. The number of ether oxygens (including phenoxy) is 1. The van der Waals surface area contributed by atoms with Crippen LogP contribution in [-0.4, -0.2) is 47.8 Å². The van der Waals surface area contributed by atoms with E-state index in [1.165, 1.54) is 32.5 Å². The van der Waals surface area contributed by atoms with Gasteiger partial charge in [0.1, 0.15) is 0 Å². The average molecular weight is 252 g/mol. The molecule has 0 saturated carbocycles. The van der Waals surface area contributed by atoms with Crippen LogP contribution in [0.5, 0.6) is 0 Å². The minimum Gasteiger partial charge on any atom is -0.368 e. The van der Waals surface area contributed by atoms with Crippen LogP contribution in [-0.2, 0) is 4.74 Å². The Balaban J connectivity index is 1.66. The zero-order valence-electron chi connectivity index (χ0n) is 12.3. The lowest BCUT2D eigenvalue weighted by Gasteiger charge is -2.47. The van der Waals surface area contributed by atoms with Crippen molar-refractivity contribution in [2.24, 2.45) is 5.92 Å². The highest BCUT2D eigenvalue weighted by Crippen LogP contribution is 2.38. The first-order chi connectivity index (χ1) is 8.36. The van der Waals surface area contributed by atoms with E-state index < -0.39 is 0 Å². The lowest BCUT2D eigenvalue weighted by atomic mass is 9.82. The minimum absolute atomic E-state index is 0.0230. The molecule has 2 unspecified atom stereocenters. The summed E-state index contributed by atoms with van der Waals surface area (Å²) in [4.78, 5) is 2.62. The predicted octanol–water partition coefficient (Wildman–Crippen LogP) is 2.02. The van der Waals surface area contributed by atoms with Gasteiger partial charge in [-0.05, 0) is 66.0 Å². The van der Waals surface area contributed by atoms with Gasteiger partial charge in [0.2, 0.25) is 0 Å². The molecular weight excluding hydrogens is 224 g/mol. The predicted molar refractivity (Wildman–Crippen MR) is 73.7 cm³/mol. The fourth-order valence-electron chi connectivity index (χ4n) is 4.23. The molecule has 0 spiro atoms. The van der Waals surface area contributed by atoms with Crippen molar-refractivity contribution in [3.63, 3.8) is 0 Å². The van der Waals surface area contributed by atoms with E-state index in [1.54, 1.807) is 0 Å². The number of nitrogens with one attached hydrogen (secondary N) is 1. The van der Waals surface area contributed by atoms with Crippen molar-refractivity contribution in [1.82, 2.24) is 10.2 Å². The second-order valence-corrected chi connectivity index (χ2v) is 7.63. The summed E-state index contributed by atoms with van der Waals surface area (Å²) in [5.74, 6) is 0.898. The van der Waals surface area contributed by atoms with Gasteiger partial charge in [0.15, 0.2) is 0 Å². The van der Waals surface area contributed by atoms with Gasteiger partial charge in [-0.25, -0.2) is 0 Å². The molecular formula is C15H28N2O. The zero-order chi connectivity index (χ0) is 13.0. The van der Waals surface area contributed by atoms with E-state index >= 15 is 0 Å². The van der Waals surface area contributed by atoms with Crippen LogP contribution >= 0.6 is 0 Å². The van der Waals surface area contributed by atoms with Crippen molar-refractivity contribution in [3.8, 4) is 0 Å². The highest BCUT2D eigenvalue weighted by molar-refractivity contribution is 5.02. The molecule has 18 heavy (non-hydrogen) atoms. The molecule has 104 valence electrons. The Labute approximate surface area is 111 Å². The first-order valence-corrected chi connectivity index (χ1v) is 7.54. The van der Waals surface area contributed by atoms with Crippen molar-refractivity contribution in [3.05, 3.63) is 0 Å². The summed E-state index contributed by atoms with van der Waals surface area (Å²) < 4.78 is 6.19. The molecule has 2 bridgehead atoms. The van der Waals surface area contributed by atoms with Crippen LogP contribution in [0.25, 0.3) is 0 Å². The van der Waals surface area contributed by atoms with Crippen LogP contribution < -0.4 is 5.32 Å². The summed E-state index contributed by atoms with van der Waals surface area (Å²) in [6.45, 7) is 12.8. The Morgan fingerprint density at radius 1 is 1.11 bits per heavy atom. The van der Waals surface area contributed by atoms with Crippen LogP contribution in [0.1, 0.15) is 47.0 Å². The number of hydrogen-bond donors (Lipinski definition) is 1. The molecule has 4 heterocycles. The van der Waals surface area contributed by atoms with Crippen molar-refractivity contribution >= 4 is 0 Å². The van der Waals surface area contributed by atoms with Crippen molar-refractivity contribution in [2.45, 2.75) is 70.2 Å². The molecule has 0 amide bonds. The summed E-state index contributed by atoms with van der Waals surface area (Å²) in [6.07, 6.45) is 3.90. The molecule has 0 aromatic heterocycles. The van der Waals surface area contributed by atoms with Crippen LogP contribution in [0.3, 0.4) is 0 Å². The van der Waals surface area contributed by atoms with Gasteiger partial charge in [-0.15, -0.1) is 0 Å². The average Bonchev–Trinajstić information content (AvgIpc) is 2.48. The van der Waals surface area contributed by atoms with Gasteiger partial charge in [-0.3, -0.25) is 0 Å². The molecule has 4 aliphatic rings. The van der Waals surface area contributed by atoms with Gasteiger partial charge in [0, 0.05) is 18.6 Å². The third kappa shape index (κ3) is 2.33. The Hall–Kier alpha value is -0.120. The lowest BCUT2D eigenvalue weighted by Crippen LogP contribution is -2.60. The normalized spacial score (nSPS) is 45.3. The first kappa shape index (κ1) is 12.9. The molecule has 0 aliphatic carbocycles. The molecule has 3 heteroatoms. The van der Waals surface area contributed by atoms with E-state index in [0.29, 0.717) is 12.1 Å². The smallest absolute Gasteiger partial charge is 0.0787 e. The highest BCUT2D eigenvalue weighted by Gasteiger charge is 2.47. The van der Waals surface area contributed by atoms with Crippen LogP contribution in [0, 0.1) is 5.92 Å². The van der Waals surface area contributed by atoms with Crippen LogP contribution in [0.2, 0.25) is 0 Å². The van der Waals surface area contributed by atoms with Gasteiger partial charge >= 0.3 is 0 Å². The Bertz CT molecular complexity index is 318. The van der Waals surface area contributed by atoms with E-state index in [4.69, 9.17) is 4.74 Å². The topological polar surface area (TPSA) is 24.5 Å². The summed E-state index contributed by atoms with van der Waals surface area (Å²) in [5.41, 5.74) is -0.00927. The van der Waals surface area contributed by atoms with E-state index in [9.17, 15) is 0 Å². The quantitative estimate of drug-likeness (QED) is 0.814. The molecule has 4 rings (SSSR count). The third-order valence-electron chi connectivity index (χ3n) is 5.15. The number of piperidine rings is 3. The molecule has 2 atom stereocenters. The van der Waals surface area contributed by atoms with E-state index in [-0.39, 0.29) is 11.2 Å². The van der Waals surface area contributed by atoms with E-state index in [0.717, 1.165) is 12.3 Å². The van der Waals surface area contributed by atoms with Crippen molar-refractivity contribution < 1.29 is 4.74 Å². The highest BCUT2D eigenvalue weighted by atomic mass is 16.5. The Morgan fingerprint density at radius 2 is 1.78 bits per heavy atom. The summed E-state index contributed by atoms with van der Waals surface area (Å²) in [7, 11) is 0. The van der Waals surface area contributed by atoms with Crippen LogP contribution in [0.4, 0.5) is 0 Å². The maximum atomic E-state index is 6.19. The molecule has 3 nitrogen and oxygen atoms in total. The van der Waals surface area contributed by atoms with Crippen molar-refractivity contribution in [1.29, 1.82) is 0 Å². The molecule has 4 saturated heterocycles. The van der Waals surface area contributed by atoms with E-state index in [1.807, 2.05) is 0 Å². The summed E-state index contributed by atoms with van der Waals surface area (Å²) >= 11 is 0. The fraction of sp³-hybridized carbons (Fsp3) is 1.00. The van der Waals surface area contributed by atoms with E-state index in [2.05, 4.69) is 37.9 Å². The van der Waals surface area contributed by atoms with Crippen LogP contribution in [0.15, 0.2) is 0 Å². The molecule has 0 aromatic rings. The van der Waals surface area contributed by atoms with Gasteiger partial charge in [-0.2, -0.15) is 0 Å². The lowest BCUT2D eigenvalue weighted by molar-refractivity contribution is -0.0722. The molecule has 0 aromatic carbocycles. The SMILES string of the molecule is CC1(C)CC(NC2CN3CCC2CC3)C(C)(C)O1. The minimum atomic E-state index is -0.0322. The third-order valence-corrected chi connectivity index (χ3v) is 5.15. The Morgan fingerprint density at radius 3 is 2.22 bits per heavy atom. The second-order valence-electron chi connectivity index (χ2n) is 7.63. The van der Waals surface area contributed by atoms with Gasteiger partial charge in [0.25, 0.3) is 0 Å². The Kier molecular flexibility index (Phi) is 3.00. The number of rotatable bonds is 2. The first-order valence-electron chi connectivity index (χ1n) is 7.54. The molecule has 4 fully saturated rings. The van der Waals surface area contributed by atoms with Crippen molar-refractivity contribution in [2.75, 3.05) is 19.6 Å². The number of hydrogen-bond acceptors (Lipinski definition) is 3. The number of fused-ring (bicyclic) bond motifs is 3. The zero-order valence-corrected chi connectivity index (χ0v) is 12.3. The second kappa shape index (κ2) is 4.19.